The topological polar surface area (TPSA) is 43.4 Å². The van der Waals surface area contributed by atoms with Gasteiger partial charge in [-0.05, 0) is 62.6 Å². The number of allylic oxidation sites excluding steroid dienone is 5. The summed E-state index contributed by atoms with van der Waals surface area (Å²) in [6, 6.07) is 25.8. The summed E-state index contributed by atoms with van der Waals surface area (Å²) in [7, 11) is 1.38. The summed E-state index contributed by atoms with van der Waals surface area (Å²) >= 11 is 0. The molecule has 1 spiro atoms. The molecule has 0 fully saturated rings. The molecule has 35 heavy (non-hydrogen) atoms. The highest BCUT2D eigenvalue weighted by molar-refractivity contribution is 6.23. The highest BCUT2D eigenvalue weighted by Gasteiger charge is 2.50. The van der Waals surface area contributed by atoms with Gasteiger partial charge in [-0.3, -0.25) is 4.79 Å². The first-order chi connectivity index (χ1) is 16.8. The van der Waals surface area contributed by atoms with Crippen LogP contribution in [0.4, 0.5) is 0 Å². The molecule has 174 valence electrons. The molecular formula is C32H28O3. The lowest BCUT2D eigenvalue weighted by molar-refractivity contribution is -0.116. The first kappa shape index (κ1) is 22.8. The van der Waals surface area contributed by atoms with E-state index in [9.17, 15) is 9.59 Å². The van der Waals surface area contributed by atoms with Crippen LogP contribution in [0.25, 0.3) is 11.1 Å². The lowest BCUT2D eigenvalue weighted by Gasteiger charge is -2.35. The Hall–Kier alpha value is -3.98. The first-order valence-electron chi connectivity index (χ1n) is 11.8. The Bertz CT molecular complexity index is 1420. The van der Waals surface area contributed by atoms with E-state index >= 15 is 0 Å². The van der Waals surface area contributed by atoms with Crippen LogP contribution in [-0.2, 0) is 14.9 Å². The summed E-state index contributed by atoms with van der Waals surface area (Å²) in [5.41, 5.74) is 6.08. The van der Waals surface area contributed by atoms with Gasteiger partial charge in [-0.1, -0.05) is 99.7 Å². The monoisotopic (exact) mass is 460 g/mol. The normalized spacial score (nSPS) is 19.1. The fraction of sp³-hybridized carbons (Fsp3) is 0.188. The summed E-state index contributed by atoms with van der Waals surface area (Å²) < 4.78 is 5.02. The van der Waals surface area contributed by atoms with Crippen molar-refractivity contribution in [1.29, 1.82) is 0 Å². The molecule has 3 nitrogen and oxygen atoms in total. The molecule has 0 aliphatic heterocycles. The third kappa shape index (κ3) is 3.59. The maximum Gasteiger partial charge on any atom is 0.337 e. The number of ketones is 1. The van der Waals surface area contributed by atoms with E-state index in [0.29, 0.717) is 5.56 Å². The number of rotatable bonds is 3. The smallest absolute Gasteiger partial charge is 0.337 e. The Morgan fingerprint density at radius 3 is 2.06 bits per heavy atom. The Kier molecular flexibility index (Phi) is 5.44. The zero-order chi connectivity index (χ0) is 24.8. The Morgan fingerprint density at radius 2 is 1.46 bits per heavy atom. The van der Waals surface area contributed by atoms with Crippen molar-refractivity contribution in [2.24, 2.45) is 5.41 Å². The van der Waals surface area contributed by atoms with Crippen LogP contribution >= 0.6 is 0 Å². The summed E-state index contributed by atoms with van der Waals surface area (Å²) in [6.07, 6.45) is 5.80. The van der Waals surface area contributed by atoms with Crippen LogP contribution in [0.15, 0.2) is 103 Å². The molecule has 0 bridgehead atoms. The molecule has 3 aromatic rings. The van der Waals surface area contributed by atoms with E-state index in [4.69, 9.17) is 4.74 Å². The van der Waals surface area contributed by atoms with E-state index in [-0.39, 0.29) is 11.2 Å². The molecule has 0 saturated carbocycles. The molecule has 0 radical (unpaired) electrons. The number of hydrogen-bond acceptors (Lipinski definition) is 3. The van der Waals surface area contributed by atoms with Gasteiger partial charge in [0.15, 0.2) is 5.78 Å². The van der Waals surface area contributed by atoms with Crippen LogP contribution in [0.5, 0.6) is 0 Å². The number of ether oxygens (including phenoxy) is 1. The molecule has 0 N–H and O–H groups in total. The van der Waals surface area contributed by atoms with Gasteiger partial charge in [0.2, 0.25) is 0 Å². The van der Waals surface area contributed by atoms with Crippen LogP contribution in [0.3, 0.4) is 0 Å². The van der Waals surface area contributed by atoms with Gasteiger partial charge in [0.25, 0.3) is 0 Å². The van der Waals surface area contributed by atoms with Gasteiger partial charge in [-0.25, -0.2) is 4.79 Å². The molecule has 0 amide bonds. The van der Waals surface area contributed by atoms with Crippen molar-refractivity contribution in [3.8, 4) is 0 Å². The Morgan fingerprint density at radius 1 is 0.829 bits per heavy atom. The van der Waals surface area contributed by atoms with Gasteiger partial charge >= 0.3 is 5.97 Å². The lowest BCUT2D eigenvalue weighted by Crippen LogP contribution is -2.36. The molecule has 1 unspecified atom stereocenters. The van der Waals surface area contributed by atoms with Gasteiger partial charge in [0.1, 0.15) is 5.41 Å². The number of fused-ring (bicyclic) bond motifs is 2. The highest BCUT2D eigenvalue weighted by atomic mass is 16.5. The SMILES string of the molecule is COC(=O)c1ccc2c(c1)C(c1ccccc1)=C(c1ccccc1)C21C=C(C(C)(C)C)C=CC1=O. The molecular weight excluding hydrogens is 432 g/mol. The maximum absolute atomic E-state index is 14.0. The average molecular weight is 461 g/mol. The van der Waals surface area contributed by atoms with Crippen LogP contribution in [-0.4, -0.2) is 18.9 Å². The third-order valence-electron chi connectivity index (χ3n) is 6.95. The molecule has 2 aliphatic rings. The number of hydrogen-bond donors (Lipinski definition) is 0. The van der Waals surface area contributed by atoms with Crippen molar-refractivity contribution in [1.82, 2.24) is 0 Å². The summed E-state index contributed by atoms with van der Waals surface area (Å²) in [4.78, 5) is 26.5. The second kappa shape index (κ2) is 8.35. The predicted molar refractivity (Wildman–Crippen MR) is 140 cm³/mol. The lowest BCUT2D eigenvalue weighted by atomic mass is 9.66. The molecule has 2 aliphatic carbocycles. The third-order valence-corrected chi connectivity index (χ3v) is 6.95. The Balaban J connectivity index is 1.95. The first-order valence-corrected chi connectivity index (χ1v) is 11.8. The van der Waals surface area contributed by atoms with Gasteiger partial charge < -0.3 is 4.74 Å². The zero-order valence-electron chi connectivity index (χ0n) is 20.5. The molecule has 0 saturated heterocycles. The second-order valence-corrected chi connectivity index (χ2v) is 10.1. The van der Waals surface area contributed by atoms with Crippen LogP contribution in [0.1, 0.15) is 53.4 Å². The van der Waals surface area contributed by atoms with Crippen LogP contribution in [0.2, 0.25) is 0 Å². The van der Waals surface area contributed by atoms with E-state index in [2.05, 4.69) is 51.1 Å². The summed E-state index contributed by atoms with van der Waals surface area (Å²) in [5.74, 6) is -0.384. The van der Waals surface area contributed by atoms with E-state index < -0.39 is 11.4 Å². The van der Waals surface area contributed by atoms with Crippen molar-refractivity contribution in [2.45, 2.75) is 26.2 Å². The minimum absolute atomic E-state index is 0.0161. The Labute approximate surface area is 206 Å². The van der Waals surface area contributed by atoms with Crippen molar-refractivity contribution < 1.29 is 14.3 Å². The van der Waals surface area contributed by atoms with E-state index in [1.807, 2.05) is 54.6 Å². The van der Waals surface area contributed by atoms with Crippen LogP contribution < -0.4 is 0 Å². The molecule has 0 heterocycles. The number of benzene rings is 3. The summed E-state index contributed by atoms with van der Waals surface area (Å²) in [5, 5.41) is 0. The molecule has 3 aromatic carbocycles. The highest BCUT2D eigenvalue weighted by Crippen LogP contribution is 2.57. The molecule has 3 heteroatoms. The quantitative estimate of drug-likeness (QED) is 0.404. The second-order valence-electron chi connectivity index (χ2n) is 10.1. The van der Waals surface area contributed by atoms with Crippen molar-refractivity contribution >= 4 is 22.9 Å². The summed E-state index contributed by atoms with van der Waals surface area (Å²) in [6.45, 7) is 6.48. The van der Waals surface area contributed by atoms with Gasteiger partial charge in [0, 0.05) is 0 Å². The number of carbonyl (C=O) groups excluding carboxylic acids is 2. The van der Waals surface area contributed by atoms with Gasteiger partial charge in [-0.15, -0.1) is 0 Å². The molecule has 5 rings (SSSR count). The van der Waals surface area contributed by atoms with Gasteiger partial charge in [0.05, 0.1) is 12.7 Å². The van der Waals surface area contributed by atoms with Gasteiger partial charge in [-0.2, -0.15) is 0 Å². The fourth-order valence-electron chi connectivity index (χ4n) is 5.21. The van der Waals surface area contributed by atoms with Crippen molar-refractivity contribution in [3.05, 3.63) is 130 Å². The zero-order valence-corrected chi connectivity index (χ0v) is 20.5. The minimum Gasteiger partial charge on any atom is -0.465 e. The average Bonchev–Trinajstić information content (AvgIpc) is 3.15. The van der Waals surface area contributed by atoms with E-state index in [0.717, 1.165) is 39.0 Å². The standard InChI is InChI=1S/C32H28O3/c1-31(2,3)24-16-18-27(33)32(20-24)26-17-15-23(30(34)35-4)19-25(26)28(21-11-7-5-8-12-21)29(32)22-13-9-6-10-14-22/h5-20H,1-4H3. The number of methoxy groups -OCH3 is 1. The number of esters is 1. The fourth-order valence-corrected chi connectivity index (χ4v) is 5.21. The maximum atomic E-state index is 14.0. The van der Waals surface area contributed by atoms with Crippen molar-refractivity contribution in [3.63, 3.8) is 0 Å². The van der Waals surface area contributed by atoms with Crippen molar-refractivity contribution in [2.75, 3.05) is 7.11 Å². The largest absolute Gasteiger partial charge is 0.465 e. The van der Waals surface area contributed by atoms with E-state index in [1.165, 1.54) is 7.11 Å². The van der Waals surface area contributed by atoms with E-state index in [1.54, 1.807) is 12.1 Å². The molecule has 0 aromatic heterocycles. The predicted octanol–water partition coefficient (Wildman–Crippen LogP) is 6.80. The van der Waals surface area contributed by atoms with Crippen LogP contribution in [0, 0.1) is 5.41 Å². The minimum atomic E-state index is -0.992. The molecule has 1 atom stereocenters. The number of carbonyl (C=O) groups is 2.